The Morgan fingerprint density at radius 1 is 1.28 bits per heavy atom. The maximum Gasteiger partial charge on any atom is 0.149 e. The lowest BCUT2D eigenvalue weighted by Crippen LogP contribution is -2.12. The zero-order chi connectivity index (χ0) is 12.8. The highest BCUT2D eigenvalue weighted by Gasteiger charge is 2.11. The van der Waals surface area contributed by atoms with Crippen LogP contribution < -0.4 is 5.32 Å². The summed E-state index contributed by atoms with van der Waals surface area (Å²) >= 11 is 5.83. The van der Waals surface area contributed by atoms with E-state index in [9.17, 15) is 0 Å². The normalized spacial score (nSPS) is 12.1. The molecule has 18 heavy (non-hydrogen) atoms. The minimum atomic E-state index is 0.177. The second-order valence-corrected chi connectivity index (χ2v) is 4.39. The molecule has 0 spiro atoms. The maximum atomic E-state index is 5.83. The van der Waals surface area contributed by atoms with Crippen LogP contribution in [0, 0.1) is 0 Å². The summed E-state index contributed by atoms with van der Waals surface area (Å²) < 4.78 is 0. The Hall–Kier alpha value is -1.68. The van der Waals surface area contributed by atoms with Gasteiger partial charge >= 0.3 is 0 Å². The highest BCUT2D eigenvalue weighted by molar-refractivity contribution is 6.29. The molecule has 0 aromatic carbocycles. The van der Waals surface area contributed by atoms with Gasteiger partial charge in [0, 0.05) is 12.4 Å². The summed E-state index contributed by atoms with van der Waals surface area (Å²) in [5.74, 6) is 0.685. The van der Waals surface area contributed by atoms with Gasteiger partial charge in [-0.15, -0.1) is 0 Å². The highest BCUT2D eigenvalue weighted by Crippen LogP contribution is 2.22. The van der Waals surface area contributed by atoms with Crippen molar-refractivity contribution in [3.05, 3.63) is 47.6 Å². The van der Waals surface area contributed by atoms with E-state index in [4.69, 9.17) is 11.6 Å². The lowest BCUT2D eigenvalue weighted by Gasteiger charge is -2.18. The van der Waals surface area contributed by atoms with Crippen LogP contribution >= 0.6 is 11.6 Å². The van der Waals surface area contributed by atoms with E-state index >= 15 is 0 Å². The van der Waals surface area contributed by atoms with Crippen LogP contribution in [-0.2, 0) is 0 Å². The fourth-order valence-corrected chi connectivity index (χ4v) is 1.93. The summed E-state index contributed by atoms with van der Waals surface area (Å²) in [5, 5.41) is 3.73. The van der Waals surface area contributed by atoms with Gasteiger partial charge in [-0.3, -0.25) is 9.97 Å². The first kappa shape index (κ1) is 12.8. The fourth-order valence-electron chi connectivity index (χ4n) is 1.78. The molecule has 0 radical (unpaired) electrons. The Morgan fingerprint density at radius 2 is 2.17 bits per heavy atom. The molecular weight excluding hydrogens is 248 g/mol. The summed E-state index contributed by atoms with van der Waals surface area (Å²) in [5.41, 5.74) is 1.14. The van der Waals surface area contributed by atoms with Crippen molar-refractivity contribution in [3.8, 4) is 0 Å². The molecule has 1 N–H and O–H groups in total. The lowest BCUT2D eigenvalue weighted by atomic mass is 10.0. The van der Waals surface area contributed by atoms with Crippen LogP contribution in [0.4, 0.5) is 5.82 Å². The van der Waals surface area contributed by atoms with E-state index in [-0.39, 0.29) is 6.04 Å². The molecule has 2 heterocycles. The van der Waals surface area contributed by atoms with Crippen molar-refractivity contribution in [2.75, 3.05) is 5.32 Å². The van der Waals surface area contributed by atoms with Crippen molar-refractivity contribution in [2.24, 2.45) is 0 Å². The smallest absolute Gasteiger partial charge is 0.149 e. The molecule has 0 aliphatic rings. The Morgan fingerprint density at radius 3 is 2.83 bits per heavy atom. The van der Waals surface area contributed by atoms with Gasteiger partial charge in [0.05, 0.1) is 18.4 Å². The summed E-state index contributed by atoms with van der Waals surface area (Å²) in [6.07, 6.45) is 8.90. The summed E-state index contributed by atoms with van der Waals surface area (Å²) in [7, 11) is 0. The van der Waals surface area contributed by atoms with E-state index in [0.29, 0.717) is 11.0 Å². The monoisotopic (exact) mass is 262 g/mol. The minimum Gasteiger partial charge on any atom is -0.362 e. The molecule has 0 aliphatic carbocycles. The van der Waals surface area contributed by atoms with Crippen molar-refractivity contribution in [1.82, 2.24) is 15.0 Å². The van der Waals surface area contributed by atoms with Crippen molar-refractivity contribution in [2.45, 2.75) is 25.8 Å². The predicted molar refractivity (Wildman–Crippen MR) is 72.6 cm³/mol. The molecule has 2 rings (SSSR count). The topological polar surface area (TPSA) is 50.7 Å². The van der Waals surface area contributed by atoms with E-state index in [0.717, 1.165) is 18.4 Å². The molecule has 0 aliphatic heterocycles. The van der Waals surface area contributed by atoms with Crippen LogP contribution in [0.5, 0.6) is 0 Å². The van der Waals surface area contributed by atoms with E-state index in [2.05, 4.69) is 33.3 Å². The Kier molecular flexibility index (Phi) is 4.47. The number of hydrogen-bond donors (Lipinski definition) is 1. The first-order valence-electron chi connectivity index (χ1n) is 5.93. The van der Waals surface area contributed by atoms with Crippen molar-refractivity contribution in [3.63, 3.8) is 0 Å². The van der Waals surface area contributed by atoms with Gasteiger partial charge in [-0.05, 0) is 18.1 Å². The van der Waals surface area contributed by atoms with E-state index < -0.39 is 0 Å². The van der Waals surface area contributed by atoms with Crippen LogP contribution in [0.1, 0.15) is 31.4 Å². The number of nitrogens with zero attached hydrogens (tertiary/aromatic N) is 3. The van der Waals surface area contributed by atoms with Gasteiger partial charge in [-0.25, -0.2) is 4.98 Å². The third kappa shape index (κ3) is 3.40. The molecule has 94 valence electrons. The second-order valence-electron chi connectivity index (χ2n) is 4.00. The van der Waals surface area contributed by atoms with E-state index in [1.54, 1.807) is 12.4 Å². The summed E-state index contributed by atoms with van der Waals surface area (Å²) in [6, 6.07) is 4.17. The number of halogens is 1. The van der Waals surface area contributed by atoms with E-state index in [1.165, 1.54) is 6.20 Å². The SMILES string of the molecule is CCCC(Nc1cncc(Cl)n1)c1cccnc1. The molecule has 5 heteroatoms. The average Bonchev–Trinajstić information content (AvgIpc) is 2.39. The number of rotatable bonds is 5. The molecule has 0 bridgehead atoms. The predicted octanol–water partition coefficient (Wildman–Crippen LogP) is 3.48. The molecular formula is C13H15ClN4. The van der Waals surface area contributed by atoms with Crippen molar-refractivity contribution < 1.29 is 0 Å². The molecule has 4 nitrogen and oxygen atoms in total. The van der Waals surface area contributed by atoms with Crippen LogP contribution in [0.2, 0.25) is 5.15 Å². The zero-order valence-electron chi connectivity index (χ0n) is 10.2. The minimum absolute atomic E-state index is 0.177. The molecule has 0 amide bonds. The first-order valence-corrected chi connectivity index (χ1v) is 6.31. The molecule has 2 aromatic heterocycles. The molecule has 1 atom stereocenters. The third-order valence-electron chi connectivity index (χ3n) is 2.59. The molecule has 2 aromatic rings. The maximum absolute atomic E-state index is 5.83. The zero-order valence-corrected chi connectivity index (χ0v) is 10.9. The lowest BCUT2D eigenvalue weighted by molar-refractivity contribution is 0.671. The van der Waals surface area contributed by atoms with Gasteiger partial charge in [-0.2, -0.15) is 0 Å². The number of hydrogen-bond acceptors (Lipinski definition) is 4. The number of nitrogens with one attached hydrogen (secondary N) is 1. The third-order valence-corrected chi connectivity index (χ3v) is 2.77. The quantitative estimate of drug-likeness (QED) is 0.896. The van der Waals surface area contributed by atoms with Gasteiger partial charge in [-0.1, -0.05) is 31.0 Å². The Bertz CT molecular complexity index is 489. The first-order chi connectivity index (χ1) is 8.79. The van der Waals surface area contributed by atoms with Crippen LogP contribution in [0.25, 0.3) is 0 Å². The van der Waals surface area contributed by atoms with Gasteiger partial charge in [0.25, 0.3) is 0 Å². The van der Waals surface area contributed by atoms with Crippen molar-refractivity contribution in [1.29, 1.82) is 0 Å². The Labute approximate surface area is 111 Å². The van der Waals surface area contributed by atoms with Crippen LogP contribution in [-0.4, -0.2) is 15.0 Å². The summed E-state index contributed by atoms with van der Waals surface area (Å²) in [4.78, 5) is 12.4. The highest BCUT2D eigenvalue weighted by atomic mass is 35.5. The van der Waals surface area contributed by atoms with E-state index in [1.807, 2.05) is 12.3 Å². The number of anilines is 1. The Balaban J connectivity index is 2.16. The molecule has 0 saturated heterocycles. The van der Waals surface area contributed by atoms with Crippen molar-refractivity contribution >= 4 is 17.4 Å². The van der Waals surface area contributed by atoms with Crippen LogP contribution in [0.15, 0.2) is 36.9 Å². The van der Waals surface area contributed by atoms with Gasteiger partial charge in [0.1, 0.15) is 11.0 Å². The van der Waals surface area contributed by atoms with Crippen LogP contribution in [0.3, 0.4) is 0 Å². The summed E-state index contributed by atoms with van der Waals surface area (Å²) in [6.45, 7) is 2.15. The number of aromatic nitrogens is 3. The molecule has 1 unspecified atom stereocenters. The van der Waals surface area contributed by atoms with Gasteiger partial charge in [0.2, 0.25) is 0 Å². The van der Waals surface area contributed by atoms with Gasteiger partial charge in [0.15, 0.2) is 0 Å². The van der Waals surface area contributed by atoms with Gasteiger partial charge < -0.3 is 5.32 Å². The molecule has 0 saturated carbocycles. The number of pyridine rings is 1. The largest absolute Gasteiger partial charge is 0.362 e. The fraction of sp³-hybridized carbons (Fsp3) is 0.308. The second kappa shape index (κ2) is 6.31. The average molecular weight is 263 g/mol. The standard InChI is InChI=1S/C13H15ClN4/c1-2-4-11(10-5-3-6-15-7-10)17-13-9-16-8-12(14)18-13/h3,5-9,11H,2,4H2,1H3,(H,17,18). The molecule has 0 fully saturated rings.